The number of fused-ring (bicyclic) bond motifs is 3. The van der Waals surface area contributed by atoms with Crippen molar-refractivity contribution in [2.45, 2.75) is 78.7 Å². The van der Waals surface area contributed by atoms with Crippen LogP contribution in [-0.2, 0) is 24.8 Å². The summed E-state index contributed by atoms with van der Waals surface area (Å²) in [6.45, 7) is 10.6. The zero-order valence-electron chi connectivity index (χ0n) is 50.4. The molecule has 2 aliphatic heterocycles. The fraction of sp³-hybridized carbons (Fsp3) is 0.379. The number of carboxylic acids is 2. The van der Waals surface area contributed by atoms with E-state index in [4.69, 9.17) is 35.0 Å². The molecule has 88 heavy (non-hydrogen) atoms. The number of ether oxygens (including phenoxy) is 1. The fourth-order valence-electron chi connectivity index (χ4n) is 11.3. The van der Waals surface area contributed by atoms with Gasteiger partial charge < -0.3 is 64.1 Å². The number of carbonyl (C=O) groups excluding carboxylic acids is 1. The predicted octanol–water partition coefficient (Wildman–Crippen LogP) is 8.56. The van der Waals surface area contributed by atoms with E-state index in [2.05, 4.69) is 74.9 Å². The number of aromatic nitrogens is 8. The first-order valence-corrected chi connectivity index (χ1v) is 30.1. The van der Waals surface area contributed by atoms with E-state index in [0.29, 0.717) is 61.2 Å². The molecule has 0 unspecified atom stereocenters. The van der Waals surface area contributed by atoms with Crippen molar-refractivity contribution in [1.29, 1.82) is 0 Å². The first kappa shape index (κ1) is 63.4. The summed E-state index contributed by atoms with van der Waals surface area (Å²) in [5.74, 6) is 1.86. The van der Waals surface area contributed by atoms with E-state index >= 15 is 0 Å². The number of hydrogen-bond donors (Lipinski definition) is 6. The van der Waals surface area contributed by atoms with Crippen molar-refractivity contribution in [3.05, 3.63) is 137 Å². The van der Waals surface area contributed by atoms with Crippen LogP contribution >= 0.6 is 0 Å². The van der Waals surface area contributed by atoms with E-state index in [1.165, 1.54) is 31.9 Å². The van der Waals surface area contributed by atoms with E-state index in [0.717, 1.165) is 138 Å². The molecule has 0 amide bonds. The zero-order valence-corrected chi connectivity index (χ0v) is 50.4. The molecular formula is C66H78N12O10. The maximum Gasteiger partial charge on any atom is 0.339 e. The van der Waals surface area contributed by atoms with Crippen molar-refractivity contribution in [1.82, 2.24) is 39.0 Å². The third kappa shape index (κ3) is 14.8. The molecule has 4 aromatic heterocycles. The van der Waals surface area contributed by atoms with E-state index in [-0.39, 0.29) is 37.7 Å². The van der Waals surface area contributed by atoms with Gasteiger partial charge in [0, 0.05) is 84.9 Å². The van der Waals surface area contributed by atoms with Crippen molar-refractivity contribution in [2.24, 2.45) is 7.05 Å². The Labute approximate surface area is 511 Å². The molecule has 0 aliphatic carbocycles. The number of esters is 1. The van der Waals surface area contributed by atoms with Crippen molar-refractivity contribution in [3.63, 3.8) is 0 Å². The van der Waals surface area contributed by atoms with E-state index in [1.807, 2.05) is 42.5 Å². The number of aliphatic hydroxyl groups excluding tert-OH is 4. The average Bonchev–Trinajstić information content (AvgIpc) is 1.81. The monoisotopic (exact) mass is 1200 g/mol. The second-order valence-electron chi connectivity index (χ2n) is 21.8. The lowest BCUT2D eigenvalue weighted by Gasteiger charge is -2.33. The highest BCUT2D eigenvalue weighted by atomic mass is 16.5. The zero-order chi connectivity index (χ0) is 62.3. The number of rotatable bonds is 21. The molecule has 0 saturated carbocycles. The van der Waals surface area contributed by atoms with Gasteiger partial charge in [-0.25, -0.2) is 29.5 Å². The van der Waals surface area contributed by atoms with Gasteiger partial charge >= 0.3 is 17.9 Å². The highest BCUT2D eigenvalue weighted by Gasteiger charge is 2.28. The summed E-state index contributed by atoms with van der Waals surface area (Å²) >= 11 is 0. The summed E-state index contributed by atoms with van der Waals surface area (Å²) in [6.07, 6.45) is 8.50. The molecule has 5 aromatic carbocycles. The number of imidazole rings is 2. The van der Waals surface area contributed by atoms with Gasteiger partial charge in [-0.1, -0.05) is 73.7 Å². The van der Waals surface area contributed by atoms with Crippen LogP contribution in [0.5, 0.6) is 5.75 Å². The highest BCUT2D eigenvalue weighted by molar-refractivity contribution is 5.97. The first-order chi connectivity index (χ1) is 42.7. The summed E-state index contributed by atoms with van der Waals surface area (Å²) in [4.78, 5) is 70.7. The normalized spacial score (nSPS) is 13.2. The number of para-hydroxylation sites is 3. The molecule has 2 fully saturated rings. The highest BCUT2D eigenvalue weighted by Crippen LogP contribution is 2.36. The number of aryl methyl sites for hydroxylation is 3. The fourth-order valence-corrected chi connectivity index (χ4v) is 11.3. The molecule has 462 valence electrons. The van der Waals surface area contributed by atoms with Gasteiger partial charge in [0.25, 0.3) is 0 Å². The molecule has 0 radical (unpaired) electrons. The number of aromatic carboxylic acids is 2. The lowest BCUT2D eigenvalue weighted by atomic mass is 9.98. The average molecular weight is 1200 g/mol. The van der Waals surface area contributed by atoms with Crippen molar-refractivity contribution in [3.8, 4) is 28.3 Å². The Balaban J connectivity index is 0.000000175. The molecule has 2 aliphatic rings. The molecule has 0 atom stereocenters. The van der Waals surface area contributed by atoms with Gasteiger partial charge in [0.1, 0.15) is 34.0 Å². The van der Waals surface area contributed by atoms with Crippen LogP contribution in [0.4, 0.5) is 23.5 Å². The van der Waals surface area contributed by atoms with Crippen LogP contribution < -0.4 is 24.3 Å². The molecule has 6 N–H and O–H groups in total. The maximum atomic E-state index is 11.7. The lowest BCUT2D eigenvalue weighted by Crippen LogP contribution is -2.36. The van der Waals surface area contributed by atoms with Gasteiger partial charge in [-0.3, -0.25) is 4.79 Å². The minimum Gasteiger partial charge on any atom is -0.478 e. The number of hydrogen-bond acceptors (Lipinski definition) is 18. The Kier molecular flexibility index (Phi) is 21.6. The molecule has 0 bridgehead atoms. The summed E-state index contributed by atoms with van der Waals surface area (Å²) in [5, 5.41) is 56.9. The number of carboxylic acid groups (broad SMARTS) is 2. The SMILES string of the molecule is CC(=O)Oc1ccccc1C(=O)O.CCCc1nc2c(C)cc(-c3nc4ccccc4n3C)cc2n1Cc1ccc(-c2ccccc2C(=O)O)cc1.OCCN(CCO)c1nc(N2CCCCC2)c2nc(N(CCO)CCO)nc(N3CCCCC3)c2n1. The van der Waals surface area contributed by atoms with Gasteiger partial charge in [-0.15, -0.1) is 0 Å². The van der Waals surface area contributed by atoms with Gasteiger partial charge in [0.15, 0.2) is 11.6 Å². The van der Waals surface area contributed by atoms with Crippen LogP contribution in [0.2, 0.25) is 0 Å². The van der Waals surface area contributed by atoms with Gasteiger partial charge in [0.05, 0.1) is 54.1 Å². The summed E-state index contributed by atoms with van der Waals surface area (Å²) in [5.41, 5.74) is 10.8. The standard InChI is InChI=1S/C33H30N4O2.C24H40N8O4.C9H8O4/c1-4-9-30-35-31-21(2)18-24(32-34-27-12-7-8-13-28(27)36(32)3)19-29(31)37(30)20-22-14-16-23(17-15-22)25-10-5-6-11-26(25)33(38)39;33-15-11-31(12-16-34)23-26-20-19(21(27-23)29-7-3-1-4-8-29)25-24(32(13-17-35)14-18-36)28-22(20)30-9-5-2-6-10-30;1-6(10)13-8-5-3-2-4-7(8)9(11)12/h5-8,10-19H,4,9,20H2,1-3H3,(H,38,39);33-36H,1-18H2;2-5H,1H3,(H,11,12). The number of nitrogens with zero attached hydrogens (tertiary/aromatic N) is 12. The molecular weight excluding hydrogens is 1120 g/mol. The molecule has 2 saturated heterocycles. The molecule has 6 heterocycles. The van der Waals surface area contributed by atoms with Crippen LogP contribution in [0, 0.1) is 6.92 Å². The van der Waals surface area contributed by atoms with Crippen LogP contribution in [0.3, 0.4) is 0 Å². The molecule has 0 spiro atoms. The Morgan fingerprint density at radius 2 is 1.09 bits per heavy atom. The van der Waals surface area contributed by atoms with E-state index in [9.17, 15) is 39.9 Å². The van der Waals surface area contributed by atoms with E-state index in [1.54, 1.807) is 34.1 Å². The Morgan fingerprint density at radius 1 is 0.568 bits per heavy atom. The van der Waals surface area contributed by atoms with Gasteiger partial charge in [0.2, 0.25) is 11.9 Å². The maximum absolute atomic E-state index is 11.7. The third-order valence-electron chi connectivity index (χ3n) is 15.6. The molecule has 9 aromatic rings. The van der Waals surface area contributed by atoms with Gasteiger partial charge in [-0.2, -0.15) is 9.97 Å². The smallest absolute Gasteiger partial charge is 0.339 e. The summed E-state index contributed by atoms with van der Waals surface area (Å²) < 4.78 is 9.15. The largest absolute Gasteiger partial charge is 0.478 e. The number of benzene rings is 5. The Morgan fingerprint density at radius 3 is 1.61 bits per heavy atom. The summed E-state index contributed by atoms with van der Waals surface area (Å²) in [7, 11) is 2.06. The topological polar surface area (TPSA) is 282 Å². The van der Waals surface area contributed by atoms with Crippen molar-refractivity contribution < 1.29 is 49.8 Å². The Bertz CT molecular complexity index is 3770. The minimum absolute atomic E-state index is 0.0160. The first-order valence-electron chi connectivity index (χ1n) is 30.1. The van der Waals surface area contributed by atoms with Crippen molar-refractivity contribution >= 4 is 74.5 Å². The Hall–Kier alpha value is -9.09. The number of carbonyl (C=O) groups is 3. The number of piperidine rings is 2. The van der Waals surface area contributed by atoms with Crippen LogP contribution in [0.1, 0.15) is 96.5 Å². The minimum atomic E-state index is -1.11. The third-order valence-corrected chi connectivity index (χ3v) is 15.6. The second-order valence-corrected chi connectivity index (χ2v) is 21.8. The molecule has 22 nitrogen and oxygen atoms in total. The number of anilines is 4. The molecule has 22 heteroatoms. The quantitative estimate of drug-likeness (QED) is 0.0290. The van der Waals surface area contributed by atoms with Crippen molar-refractivity contribution in [2.75, 3.05) is 98.4 Å². The lowest BCUT2D eigenvalue weighted by molar-refractivity contribution is -0.131. The van der Waals surface area contributed by atoms with Gasteiger partial charge in [-0.05, 0) is 117 Å². The van der Waals surface area contributed by atoms with Crippen LogP contribution in [0.25, 0.3) is 55.6 Å². The summed E-state index contributed by atoms with van der Waals surface area (Å²) in [6, 6.07) is 33.9. The second kappa shape index (κ2) is 30.0. The number of aliphatic hydroxyl groups is 4. The molecule has 11 rings (SSSR count). The van der Waals surface area contributed by atoms with Crippen LogP contribution in [0.15, 0.2) is 109 Å². The van der Waals surface area contributed by atoms with Crippen LogP contribution in [-0.4, -0.2) is 166 Å². The van der Waals surface area contributed by atoms with E-state index < -0.39 is 17.9 Å². The predicted molar refractivity (Wildman–Crippen MR) is 341 cm³/mol.